The van der Waals surface area contributed by atoms with Gasteiger partial charge >= 0.3 is 5.97 Å². The highest BCUT2D eigenvalue weighted by molar-refractivity contribution is 5.87. The fraction of sp³-hybridized carbons (Fsp3) is 0.571. The molecule has 0 heterocycles. The molecular formula is C7H9F2NO2. The molecule has 2 atom stereocenters. The maximum absolute atomic E-state index is 12.1. The van der Waals surface area contributed by atoms with Gasteiger partial charge in [0.25, 0.3) is 0 Å². The van der Waals surface area contributed by atoms with Crippen molar-refractivity contribution in [2.45, 2.75) is 18.9 Å². The lowest BCUT2D eigenvalue weighted by Gasteiger charge is -2.12. The van der Waals surface area contributed by atoms with Crippen LogP contribution in [-0.2, 0) is 4.79 Å². The molecule has 1 rings (SSSR count). The predicted octanol–water partition coefficient (Wildman–Crippen LogP) is 0.610. The summed E-state index contributed by atoms with van der Waals surface area (Å²) >= 11 is 0. The van der Waals surface area contributed by atoms with E-state index in [2.05, 4.69) is 0 Å². The van der Waals surface area contributed by atoms with Crippen LogP contribution in [0.2, 0.25) is 0 Å². The number of hydrogen-bond donors (Lipinski definition) is 2. The highest BCUT2D eigenvalue weighted by Gasteiger charge is 2.34. The normalized spacial score (nSPS) is 29.2. The number of carboxylic acid groups (broad SMARTS) is 1. The third-order valence-electron chi connectivity index (χ3n) is 1.94. The van der Waals surface area contributed by atoms with Crippen molar-refractivity contribution in [2.24, 2.45) is 11.7 Å². The van der Waals surface area contributed by atoms with Crippen LogP contribution < -0.4 is 5.73 Å². The van der Waals surface area contributed by atoms with E-state index in [9.17, 15) is 13.6 Å². The molecule has 5 heteroatoms. The molecule has 0 saturated heterocycles. The van der Waals surface area contributed by atoms with E-state index in [0.717, 1.165) is 0 Å². The molecule has 12 heavy (non-hydrogen) atoms. The lowest BCUT2D eigenvalue weighted by Crippen LogP contribution is -2.29. The van der Waals surface area contributed by atoms with E-state index in [1.807, 2.05) is 0 Å². The largest absolute Gasteiger partial charge is 0.478 e. The van der Waals surface area contributed by atoms with Gasteiger partial charge in [0.15, 0.2) is 0 Å². The molecule has 0 fully saturated rings. The quantitative estimate of drug-likeness (QED) is 0.649. The molecule has 0 unspecified atom stereocenters. The number of alkyl halides is 2. The molecule has 0 radical (unpaired) electrons. The summed E-state index contributed by atoms with van der Waals surface area (Å²) in [4.78, 5) is 10.3. The first-order valence-corrected chi connectivity index (χ1v) is 3.50. The van der Waals surface area contributed by atoms with Crippen LogP contribution in [0.25, 0.3) is 0 Å². The van der Waals surface area contributed by atoms with Crippen molar-refractivity contribution in [3.63, 3.8) is 0 Å². The van der Waals surface area contributed by atoms with Gasteiger partial charge in [-0.15, -0.1) is 0 Å². The summed E-state index contributed by atoms with van der Waals surface area (Å²) in [7, 11) is 0. The van der Waals surface area contributed by atoms with Crippen molar-refractivity contribution in [1.82, 2.24) is 0 Å². The third kappa shape index (κ3) is 1.61. The van der Waals surface area contributed by atoms with Gasteiger partial charge in [-0.25, -0.2) is 13.6 Å². The van der Waals surface area contributed by atoms with Gasteiger partial charge < -0.3 is 10.8 Å². The average molecular weight is 177 g/mol. The van der Waals surface area contributed by atoms with Gasteiger partial charge in [-0.05, 0) is 6.42 Å². The molecule has 3 N–H and O–H groups in total. The summed E-state index contributed by atoms with van der Waals surface area (Å²) < 4.78 is 24.2. The average Bonchev–Trinajstić information content (AvgIpc) is 2.30. The lowest BCUT2D eigenvalue weighted by molar-refractivity contribution is -0.132. The number of rotatable bonds is 2. The molecule has 1 aliphatic carbocycles. The second-order valence-electron chi connectivity index (χ2n) is 2.78. The number of hydrogen-bond acceptors (Lipinski definition) is 2. The topological polar surface area (TPSA) is 63.3 Å². The zero-order valence-electron chi connectivity index (χ0n) is 6.21. The molecular weight excluding hydrogens is 168 g/mol. The minimum absolute atomic E-state index is 0.00667. The fourth-order valence-electron chi connectivity index (χ4n) is 1.23. The van der Waals surface area contributed by atoms with Gasteiger partial charge in [0.05, 0.1) is 0 Å². The van der Waals surface area contributed by atoms with Gasteiger partial charge in [0.1, 0.15) is 0 Å². The molecule has 3 nitrogen and oxygen atoms in total. The number of nitrogens with two attached hydrogens (primary N) is 1. The Hall–Kier alpha value is -0.970. The minimum Gasteiger partial charge on any atom is -0.478 e. The van der Waals surface area contributed by atoms with Gasteiger partial charge in [-0.3, -0.25) is 0 Å². The first kappa shape index (κ1) is 9.12. The Morgan fingerprint density at radius 1 is 1.75 bits per heavy atom. The van der Waals surface area contributed by atoms with Gasteiger partial charge in [0.2, 0.25) is 6.43 Å². The maximum atomic E-state index is 12.1. The SMILES string of the molecule is N[C@H]1C=C(C(=O)O)C[C@H]1C(F)F. The summed E-state index contributed by atoms with van der Waals surface area (Å²) in [5.74, 6) is -2.19. The van der Waals surface area contributed by atoms with Crippen molar-refractivity contribution in [3.05, 3.63) is 11.6 Å². The standard InChI is InChI=1S/C7H9F2NO2/c8-6(9)4-1-3(7(11)12)2-5(4)10/h2,4-6H,1,10H2,(H,11,12)/t4-,5+/m1/s1. The Bertz CT molecular complexity index is 227. The van der Waals surface area contributed by atoms with Crippen LogP contribution in [0.4, 0.5) is 8.78 Å². The molecule has 0 amide bonds. The highest BCUT2D eigenvalue weighted by atomic mass is 19.3. The number of aliphatic carboxylic acids is 1. The van der Waals surface area contributed by atoms with E-state index >= 15 is 0 Å². The van der Waals surface area contributed by atoms with Gasteiger partial charge in [-0.2, -0.15) is 0 Å². The third-order valence-corrected chi connectivity index (χ3v) is 1.94. The number of carboxylic acids is 1. The molecule has 0 aromatic carbocycles. The van der Waals surface area contributed by atoms with E-state index in [1.54, 1.807) is 0 Å². The van der Waals surface area contributed by atoms with Crippen LogP contribution in [0, 0.1) is 5.92 Å². The maximum Gasteiger partial charge on any atom is 0.331 e. The Labute approximate surface area is 67.9 Å². The van der Waals surface area contributed by atoms with Crippen LogP contribution in [-0.4, -0.2) is 23.5 Å². The zero-order valence-corrected chi connectivity index (χ0v) is 6.21. The first-order valence-electron chi connectivity index (χ1n) is 3.50. The van der Waals surface area contributed by atoms with Crippen LogP contribution in [0.1, 0.15) is 6.42 Å². The van der Waals surface area contributed by atoms with E-state index in [1.165, 1.54) is 6.08 Å². The van der Waals surface area contributed by atoms with E-state index in [-0.39, 0.29) is 12.0 Å². The Morgan fingerprint density at radius 3 is 2.58 bits per heavy atom. The Kier molecular flexibility index (Phi) is 2.42. The van der Waals surface area contributed by atoms with Crippen LogP contribution in [0.5, 0.6) is 0 Å². The van der Waals surface area contributed by atoms with E-state index < -0.39 is 24.4 Å². The molecule has 0 spiro atoms. The Morgan fingerprint density at radius 2 is 2.33 bits per heavy atom. The molecule has 0 bridgehead atoms. The van der Waals surface area contributed by atoms with Gasteiger partial charge in [0, 0.05) is 17.5 Å². The van der Waals surface area contributed by atoms with Crippen molar-refractivity contribution in [1.29, 1.82) is 0 Å². The van der Waals surface area contributed by atoms with Crippen molar-refractivity contribution in [2.75, 3.05) is 0 Å². The molecule has 1 aliphatic rings. The van der Waals surface area contributed by atoms with E-state index in [0.29, 0.717) is 0 Å². The monoisotopic (exact) mass is 177 g/mol. The highest BCUT2D eigenvalue weighted by Crippen LogP contribution is 2.29. The second kappa shape index (κ2) is 3.18. The summed E-state index contributed by atoms with van der Waals surface area (Å²) in [6.45, 7) is 0. The molecule has 0 aliphatic heterocycles. The summed E-state index contributed by atoms with van der Waals surface area (Å²) in [6.07, 6.45) is -1.49. The first-order chi connectivity index (χ1) is 5.52. The number of carbonyl (C=O) groups is 1. The number of halogens is 2. The van der Waals surface area contributed by atoms with Gasteiger partial charge in [-0.1, -0.05) is 6.08 Å². The van der Waals surface area contributed by atoms with Crippen LogP contribution in [0.15, 0.2) is 11.6 Å². The minimum atomic E-state index is -2.55. The fourth-order valence-corrected chi connectivity index (χ4v) is 1.23. The Balaban J connectivity index is 2.67. The predicted molar refractivity (Wildman–Crippen MR) is 37.8 cm³/mol. The summed E-state index contributed by atoms with van der Waals surface area (Å²) in [5, 5.41) is 8.46. The molecule has 0 saturated carbocycles. The summed E-state index contributed by atoms with van der Waals surface area (Å²) in [5.41, 5.74) is 5.28. The van der Waals surface area contributed by atoms with Crippen molar-refractivity contribution < 1.29 is 18.7 Å². The smallest absolute Gasteiger partial charge is 0.331 e. The van der Waals surface area contributed by atoms with E-state index in [4.69, 9.17) is 10.8 Å². The van der Waals surface area contributed by atoms with Crippen molar-refractivity contribution >= 4 is 5.97 Å². The second-order valence-corrected chi connectivity index (χ2v) is 2.78. The molecule has 68 valence electrons. The zero-order chi connectivity index (χ0) is 9.30. The summed E-state index contributed by atoms with van der Waals surface area (Å²) in [6, 6.07) is -0.823. The van der Waals surface area contributed by atoms with Crippen LogP contribution in [0.3, 0.4) is 0 Å². The molecule has 0 aromatic rings. The van der Waals surface area contributed by atoms with Crippen LogP contribution >= 0.6 is 0 Å². The lowest BCUT2D eigenvalue weighted by atomic mass is 10.0. The molecule has 0 aromatic heterocycles. The van der Waals surface area contributed by atoms with Crippen molar-refractivity contribution in [3.8, 4) is 0 Å².